The van der Waals surface area contributed by atoms with E-state index in [0.29, 0.717) is 30.8 Å². The van der Waals surface area contributed by atoms with Crippen LogP contribution in [0.1, 0.15) is 34.3 Å². The van der Waals surface area contributed by atoms with E-state index < -0.39 is 0 Å². The van der Waals surface area contributed by atoms with Crippen LogP contribution in [0.4, 0.5) is 0 Å². The summed E-state index contributed by atoms with van der Waals surface area (Å²) in [5, 5.41) is 4.78. The van der Waals surface area contributed by atoms with Crippen molar-refractivity contribution in [2.45, 2.75) is 26.8 Å². The molecule has 0 radical (unpaired) electrons. The zero-order valence-electron chi connectivity index (χ0n) is 14.1. The summed E-state index contributed by atoms with van der Waals surface area (Å²) in [6, 6.07) is 7.91. The van der Waals surface area contributed by atoms with Gasteiger partial charge in [0.15, 0.2) is 0 Å². The summed E-state index contributed by atoms with van der Waals surface area (Å²) in [6.07, 6.45) is 0.699. The Labute approximate surface area is 147 Å². The molecule has 1 aliphatic heterocycles. The Balaban J connectivity index is 1.62. The molecule has 1 aliphatic rings. The van der Waals surface area contributed by atoms with Gasteiger partial charge < -0.3 is 9.42 Å². The topological polar surface area (TPSA) is 49.6 Å². The number of aromatic nitrogens is 1. The minimum absolute atomic E-state index is 0.0305. The summed E-state index contributed by atoms with van der Waals surface area (Å²) in [5.74, 6) is 0.637. The summed E-state index contributed by atoms with van der Waals surface area (Å²) >= 11 is 6.23. The normalized spacial score (nSPS) is 15.7. The first-order chi connectivity index (χ1) is 11.6. The van der Waals surface area contributed by atoms with E-state index in [1.165, 1.54) is 0 Å². The van der Waals surface area contributed by atoms with Crippen LogP contribution in [0.2, 0.25) is 5.02 Å². The van der Waals surface area contributed by atoms with Crippen LogP contribution >= 0.6 is 11.6 Å². The predicted molar refractivity (Wildman–Crippen MR) is 93.3 cm³/mol. The van der Waals surface area contributed by atoms with E-state index in [9.17, 15) is 4.79 Å². The minimum atomic E-state index is 0.0305. The molecule has 5 nitrogen and oxygen atoms in total. The number of nitrogens with zero attached hydrogens (tertiary/aromatic N) is 3. The molecule has 1 saturated heterocycles. The lowest BCUT2D eigenvalue weighted by Crippen LogP contribution is -2.48. The van der Waals surface area contributed by atoms with Crippen LogP contribution < -0.4 is 0 Å². The van der Waals surface area contributed by atoms with Gasteiger partial charge in [-0.05, 0) is 25.0 Å². The zero-order valence-corrected chi connectivity index (χ0v) is 14.8. The maximum absolute atomic E-state index is 12.8. The molecule has 0 saturated carbocycles. The van der Waals surface area contributed by atoms with Gasteiger partial charge in [-0.3, -0.25) is 9.69 Å². The Morgan fingerprint density at radius 1 is 1.25 bits per heavy atom. The molecule has 0 N–H and O–H groups in total. The quantitative estimate of drug-likeness (QED) is 0.852. The summed E-state index contributed by atoms with van der Waals surface area (Å²) in [6.45, 7) is 7.68. The van der Waals surface area contributed by atoms with E-state index in [1.807, 2.05) is 36.1 Å². The number of carbonyl (C=O) groups excluding carboxylic acids is 1. The molecule has 2 heterocycles. The van der Waals surface area contributed by atoms with E-state index >= 15 is 0 Å². The number of hydrogen-bond donors (Lipinski definition) is 0. The predicted octanol–water partition coefficient (Wildman–Crippen LogP) is 3.16. The molecule has 3 rings (SSSR count). The van der Waals surface area contributed by atoms with Crippen molar-refractivity contribution in [3.05, 3.63) is 51.9 Å². The SMILES string of the molecule is CCc1noc(C)c1C(=O)N1CCN(Cc2ccccc2Cl)CC1. The van der Waals surface area contributed by atoms with Crippen molar-refractivity contribution in [1.82, 2.24) is 15.0 Å². The third-order valence-electron chi connectivity index (χ3n) is 4.49. The summed E-state index contributed by atoms with van der Waals surface area (Å²) in [5.41, 5.74) is 2.51. The van der Waals surface area contributed by atoms with Crippen molar-refractivity contribution in [3.8, 4) is 0 Å². The third kappa shape index (κ3) is 3.47. The number of carbonyl (C=O) groups is 1. The van der Waals surface area contributed by atoms with Gasteiger partial charge in [-0.15, -0.1) is 0 Å². The molecule has 1 aromatic carbocycles. The van der Waals surface area contributed by atoms with Crippen LogP contribution in [-0.2, 0) is 13.0 Å². The zero-order chi connectivity index (χ0) is 17.1. The first kappa shape index (κ1) is 17.0. The highest BCUT2D eigenvalue weighted by molar-refractivity contribution is 6.31. The second kappa shape index (κ2) is 7.36. The molecular formula is C18H22ClN3O2. The summed E-state index contributed by atoms with van der Waals surface area (Å²) in [7, 11) is 0. The standard InChI is InChI=1S/C18H22ClN3O2/c1-3-16-17(13(2)24-20-16)18(23)22-10-8-21(9-11-22)12-14-6-4-5-7-15(14)19/h4-7H,3,8-12H2,1-2H3. The van der Waals surface area contributed by atoms with Gasteiger partial charge in [-0.25, -0.2) is 0 Å². The highest BCUT2D eigenvalue weighted by Gasteiger charge is 2.27. The van der Waals surface area contributed by atoms with Gasteiger partial charge >= 0.3 is 0 Å². The van der Waals surface area contributed by atoms with Crippen molar-refractivity contribution >= 4 is 17.5 Å². The largest absolute Gasteiger partial charge is 0.361 e. The van der Waals surface area contributed by atoms with Crippen LogP contribution in [0, 0.1) is 6.92 Å². The molecule has 2 aromatic rings. The van der Waals surface area contributed by atoms with E-state index in [0.717, 1.165) is 35.9 Å². The molecule has 24 heavy (non-hydrogen) atoms. The van der Waals surface area contributed by atoms with E-state index in [4.69, 9.17) is 16.1 Å². The Morgan fingerprint density at radius 2 is 1.96 bits per heavy atom. The molecule has 0 bridgehead atoms. The fraction of sp³-hybridized carbons (Fsp3) is 0.444. The van der Waals surface area contributed by atoms with Crippen molar-refractivity contribution in [1.29, 1.82) is 0 Å². The average Bonchev–Trinajstić information content (AvgIpc) is 2.98. The van der Waals surface area contributed by atoms with Crippen LogP contribution in [0.3, 0.4) is 0 Å². The van der Waals surface area contributed by atoms with E-state index in [2.05, 4.69) is 10.1 Å². The van der Waals surface area contributed by atoms with Crippen molar-refractivity contribution in [2.75, 3.05) is 26.2 Å². The van der Waals surface area contributed by atoms with Crippen molar-refractivity contribution in [2.24, 2.45) is 0 Å². The van der Waals surface area contributed by atoms with Gasteiger partial charge in [0.05, 0.1) is 5.69 Å². The molecule has 1 fully saturated rings. The summed E-state index contributed by atoms with van der Waals surface area (Å²) < 4.78 is 5.19. The molecule has 1 aromatic heterocycles. The summed E-state index contributed by atoms with van der Waals surface area (Å²) in [4.78, 5) is 17.0. The Kier molecular flexibility index (Phi) is 5.21. The molecule has 0 unspecified atom stereocenters. The van der Waals surface area contributed by atoms with E-state index in [-0.39, 0.29) is 5.91 Å². The van der Waals surface area contributed by atoms with Gasteiger partial charge in [-0.2, -0.15) is 0 Å². The number of piperazine rings is 1. The fourth-order valence-electron chi connectivity index (χ4n) is 3.07. The number of hydrogen-bond acceptors (Lipinski definition) is 4. The maximum Gasteiger partial charge on any atom is 0.259 e. The molecule has 1 amide bonds. The molecule has 0 aliphatic carbocycles. The van der Waals surface area contributed by atoms with Crippen LogP contribution in [0.25, 0.3) is 0 Å². The number of rotatable bonds is 4. The number of benzene rings is 1. The van der Waals surface area contributed by atoms with Crippen LogP contribution in [-0.4, -0.2) is 47.0 Å². The highest BCUT2D eigenvalue weighted by atomic mass is 35.5. The molecule has 128 valence electrons. The Bertz CT molecular complexity index is 721. The average molecular weight is 348 g/mol. The van der Waals surface area contributed by atoms with Gasteiger partial charge in [0.1, 0.15) is 11.3 Å². The molecule has 0 atom stereocenters. The third-order valence-corrected chi connectivity index (χ3v) is 4.86. The van der Waals surface area contributed by atoms with Gasteiger partial charge in [-0.1, -0.05) is 41.9 Å². The van der Waals surface area contributed by atoms with Crippen LogP contribution in [0.15, 0.2) is 28.8 Å². The monoisotopic (exact) mass is 347 g/mol. The lowest BCUT2D eigenvalue weighted by atomic mass is 10.1. The van der Waals surface area contributed by atoms with Gasteiger partial charge in [0.25, 0.3) is 5.91 Å². The van der Waals surface area contributed by atoms with Crippen LogP contribution in [0.5, 0.6) is 0 Å². The minimum Gasteiger partial charge on any atom is -0.361 e. The number of halogens is 1. The lowest BCUT2D eigenvalue weighted by Gasteiger charge is -2.34. The van der Waals surface area contributed by atoms with Crippen molar-refractivity contribution < 1.29 is 9.32 Å². The number of aryl methyl sites for hydroxylation is 2. The van der Waals surface area contributed by atoms with Gasteiger partial charge in [0.2, 0.25) is 0 Å². The highest BCUT2D eigenvalue weighted by Crippen LogP contribution is 2.20. The molecular weight excluding hydrogens is 326 g/mol. The molecule has 6 heteroatoms. The second-order valence-corrected chi connectivity index (χ2v) is 6.48. The van der Waals surface area contributed by atoms with E-state index in [1.54, 1.807) is 6.92 Å². The first-order valence-electron chi connectivity index (χ1n) is 8.30. The van der Waals surface area contributed by atoms with Crippen molar-refractivity contribution in [3.63, 3.8) is 0 Å². The second-order valence-electron chi connectivity index (χ2n) is 6.07. The maximum atomic E-state index is 12.8. The fourth-order valence-corrected chi connectivity index (χ4v) is 3.26. The smallest absolute Gasteiger partial charge is 0.259 e. The number of amides is 1. The Morgan fingerprint density at radius 3 is 2.62 bits per heavy atom. The van der Waals surface area contributed by atoms with Gasteiger partial charge in [0, 0.05) is 37.7 Å². The lowest BCUT2D eigenvalue weighted by molar-refractivity contribution is 0.0626. The molecule has 0 spiro atoms. The Hall–Kier alpha value is -1.85. The first-order valence-corrected chi connectivity index (χ1v) is 8.68.